The van der Waals surface area contributed by atoms with Crippen molar-refractivity contribution in [3.05, 3.63) is 34.9 Å². The second kappa shape index (κ2) is 5.77. The zero-order chi connectivity index (χ0) is 10.6. The molecular weight excluding hydrogens is 259 g/mol. The maximum absolute atomic E-state index is 5.91. The number of benzene rings is 1. The molecule has 0 fully saturated rings. The van der Waals surface area contributed by atoms with E-state index in [2.05, 4.69) is 35.8 Å². The minimum Gasteiger partial charge on any atom is -0.0888 e. The quantitative estimate of drug-likeness (QED) is 0.699. The Morgan fingerprint density at radius 2 is 2.07 bits per heavy atom. The van der Waals surface area contributed by atoms with Crippen molar-refractivity contribution in [3.63, 3.8) is 0 Å². The molecule has 0 heterocycles. The van der Waals surface area contributed by atoms with E-state index in [1.165, 1.54) is 5.56 Å². The van der Waals surface area contributed by atoms with Crippen LogP contribution in [0, 0.1) is 5.92 Å². The van der Waals surface area contributed by atoms with Gasteiger partial charge in [-0.3, -0.25) is 0 Å². The largest absolute Gasteiger partial charge is 0.0888 e. The van der Waals surface area contributed by atoms with E-state index in [1.54, 1.807) is 0 Å². The number of halogens is 2. The Morgan fingerprint density at radius 1 is 1.36 bits per heavy atom. The van der Waals surface area contributed by atoms with Crippen LogP contribution >= 0.6 is 27.5 Å². The molecule has 1 unspecified atom stereocenters. The molecule has 0 aliphatic heterocycles. The van der Waals surface area contributed by atoms with Crippen LogP contribution in [0.3, 0.4) is 0 Å². The van der Waals surface area contributed by atoms with E-state index in [-0.39, 0.29) is 0 Å². The van der Waals surface area contributed by atoms with Crippen molar-refractivity contribution in [3.8, 4) is 0 Å². The first-order valence-corrected chi connectivity index (χ1v) is 6.27. The van der Waals surface area contributed by atoms with Gasteiger partial charge in [0.25, 0.3) is 0 Å². The summed E-state index contributed by atoms with van der Waals surface area (Å²) >= 11 is 9.60. The lowest BCUT2D eigenvalue weighted by molar-refractivity contribution is 0.582. The third-order valence-corrected chi connectivity index (χ3v) is 4.07. The van der Waals surface area contributed by atoms with Crippen LogP contribution in [0.1, 0.15) is 25.8 Å². The fourth-order valence-electron chi connectivity index (χ4n) is 1.33. The fourth-order valence-corrected chi connectivity index (χ4v) is 1.77. The Balaban J connectivity index is 2.45. The van der Waals surface area contributed by atoms with Gasteiger partial charge in [0.15, 0.2) is 0 Å². The molecule has 0 saturated heterocycles. The van der Waals surface area contributed by atoms with Gasteiger partial charge >= 0.3 is 0 Å². The van der Waals surface area contributed by atoms with E-state index < -0.39 is 0 Å². The first-order chi connectivity index (χ1) is 6.59. The fraction of sp³-hybridized carbons (Fsp3) is 0.500. The Kier molecular flexibility index (Phi) is 4.97. The van der Waals surface area contributed by atoms with Crippen LogP contribution in [0.5, 0.6) is 0 Å². The Labute approximate surface area is 99.8 Å². The van der Waals surface area contributed by atoms with Gasteiger partial charge in [-0.15, -0.1) is 0 Å². The summed E-state index contributed by atoms with van der Waals surface area (Å²) in [5.41, 5.74) is 1.32. The van der Waals surface area contributed by atoms with Gasteiger partial charge in [-0.2, -0.15) is 0 Å². The molecule has 1 aromatic rings. The van der Waals surface area contributed by atoms with E-state index in [0.717, 1.165) is 17.9 Å². The van der Waals surface area contributed by atoms with Crippen LogP contribution in [0.4, 0.5) is 0 Å². The zero-order valence-electron chi connectivity index (χ0n) is 8.63. The molecule has 0 bridgehead atoms. The van der Waals surface area contributed by atoms with Crippen molar-refractivity contribution in [2.75, 3.05) is 0 Å². The van der Waals surface area contributed by atoms with E-state index >= 15 is 0 Å². The normalized spacial score (nSPS) is 13.2. The predicted molar refractivity (Wildman–Crippen MR) is 67.3 cm³/mol. The molecule has 2 heteroatoms. The van der Waals surface area contributed by atoms with Crippen LogP contribution in [0.2, 0.25) is 5.02 Å². The highest BCUT2D eigenvalue weighted by molar-refractivity contribution is 9.09. The summed E-state index contributed by atoms with van der Waals surface area (Å²) in [6, 6.07) is 8.10. The maximum Gasteiger partial charge on any atom is 0.0408 e. The first kappa shape index (κ1) is 12.1. The van der Waals surface area contributed by atoms with Crippen molar-refractivity contribution < 1.29 is 0 Å². The summed E-state index contributed by atoms with van der Waals surface area (Å²) in [6.45, 7) is 4.47. The highest BCUT2D eigenvalue weighted by Gasteiger charge is 2.08. The Hall–Kier alpha value is -0.0100. The molecule has 0 aromatic heterocycles. The van der Waals surface area contributed by atoms with Crippen LogP contribution in [0.15, 0.2) is 24.3 Å². The monoisotopic (exact) mass is 274 g/mol. The lowest BCUT2D eigenvalue weighted by Crippen LogP contribution is -2.07. The van der Waals surface area contributed by atoms with Crippen LogP contribution < -0.4 is 0 Å². The molecule has 14 heavy (non-hydrogen) atoms. The third kappa shape index (κ3) is 4.02. The van der Waals surface area contributed by atoms with Gasteiger partial charge in [0.1, 0.15) is 0 Å². The molecule has 0 spiro atoms. The molecule has 1 rings (SSSR count). The van der Waals surface area contributed by atoms with Crippen molar-refractivity contribution in [1.29, 1.82) is 0 Å². The zero-order valence-corrected chi connectivity index (χ0v) is 11.0. The van der Waals surface area contributed by atoms with Gasteiger partial charge in [0, 0.05) is 9.85 Å². The summed E-state index contributed by atoms with van der Waals surface area (Å²) < 4.78 is 0. The molecule has 0 amide bonds. The summed E-state index contributed by atoms with van der Waals surface area (Å²) in [6.07, 6.45) is 2.26. The molecule has 0 nitrogen and oxygen atoms in total. The molecule has 0 saturated carbocycles. The molecule has 1 atom stereocenters. The van der Waals surface area contributed by atoms with Gasteiger partial charge in [0.05, 0.1) is 0 Å². The van der Waals surface area contributed by atoms with Crippen LogP contribution in [-0.2, 0) is 6.42 Å². The van der Waals surface area contributed by atoms with Gasteiger partial charge in [0.2, 0.25) is 0 Å². The summed E-state index contributed by atoms with van der Waals surface area (Å²) in [7, 11) is 0. The summed E-state index contributed by atoms with van der Waals surface area (Å²) in [4.78, 5) is 0.599. The topological polar surface area (TPSA) is 0 Å². The number of rotatable bonds is 4. The second-order valence-electron chi connectivity index (χ2n) is 3.93. The van der Waals surface area contributed by atoms with Gasteiger partial charge in [-0.1, -0.05) is 53.5 Å². The number of hydrogen-bond donors (Lipinski definition) is 0. The number of alkyl halides is 1. The van der Waals surface area contributed by atoms with E-state index in [1.807, 2.05) is 18.2 Å². The third-order valence-electron chi connectivity index (χ3n) is 2.32. The lowest BCUT2D eigenvalue weighted by atomic mass is 10.0. The predicted octanol–water partition coefficient (Wildman–Crippen LogP) is 4.69. The van der Waals surface area contributed by atoms with Crippen molar-refractivity contribution >= 4 is 27.5 Å². The molecule has 0 N–H and O–H groups in total. The summed E-state index contributed by atoms with van der Waals surface area (Å²) in [5.74, 6) is 0.689. The Morgan fingerprint density at radius 3 is 2.64 bits per heavy atom. The van der Waals surface area contributed by atoms with E-state index in [0.29, 0.717) is 10.7 Å². The standard InChI is InChI=1S/C12H16BrCl/c1-9(2)12(13)7-6-10-4-3-5-11(14)8-10/h3-5,8-9,12H,6-7H2,1-2H3. The average Bonchev–Trinajstić information content (AvgIpc) is 2.14. The van der Waals surface area contributed by atoms with Crippen molar-refractivity contribution in [2.24, 2.45) is 5.92 Å². The van der Waals surface area contributed by atoms with Crippen LogP contribution in [-0.4, -0.2) is 4.83 Å². The molecule has 0 radical (unpaired) electrons. The molecule has 0 aliphatic carbocycles. The van der Waals surface area contributed by atoms with Gasteiger partial charge in [-0.25, -0.2) is 0 Å². The maximum atomic E-state index is 5.91. The second-order valence-corrected chi connectivity index (χ2v) is 5.54. The minimum atomic E-state index is 0.599. The molecule has 1 aromatic carbocycles. The van der Waals surface area contributed by atoms with Crippen LogP contribution in [0.25, 0.3) is 0 Å². The van der Waals surface area contributed by atoms with Gasteiger partial charge < -0.3 is 0 Å². The SMILES string of the molecule is CC(C)C(Br)CCc1cccc(Cl)c1. The van der Waals surface area contributed by atoms with Gasteiger partial charge in [-0.05, 0) is 36.5 Å². The molecule has 0 aliphatic rings. The first-order valence-electron chi connectivity index (χ1n) is 4.98. The average molecular weight is 276 g/mol. The minimum absolute atomic E-state index is 0.599. The summed E-state index contributed by atoms with van der Waals surface area (Å²) in [5, 5.41) is 0.832. The lowest BCUT2D eigenvalue weighted by Gasteiger charge is -2.13. The van der Waals surface area contributed by atoms with Crippen molar-refractivity contribution in [1.82, 2.24) is 0 Å². The number of hydrogen-bond acceptors (Lipinski definition) is 0. The highest BCUT2D eigenvalue weighted by Crippen LogP contribution is 2.19. The van der Waals surface area contributed by atoms with E-state index in [9.17, 15) is 0 Å². The Bertz CT molecular complexity index is 283. The molecular formula is C12H16BrCl. The van der Waals surface area contributed by atoms with Crippen molar-refractivity contribution in [2.45, 2.75) is 31.5 Å². The molecule has 78 valence electrons. The highest BCUT2D eigenvalue weighted by atomic mass is 79.9. The number of aryl methyl sites for hydroxylation is 1. The smallest absolute Gasteiger partial charge is 0.0408 e. The van der Waals surface area contributed by atoms with E-state index in [4.69, 9.17) is 11.6 Å².